The SMILES string of the molecule is CCOC(=O)c1c(NC(=O)CNc2cccc(C(=O)OC)c2)sc(C(=O)NC)c1C. The summed E-state index contributed by atoms with van der Waals surface area (Å²) in [5.74, 6) is -1.90. The first-order valence-corrected chi connectivity index (χ1v) is 9.88. The monoisotopic (exact) mass is 433 g/mol. The molecule has 0 aliphatic heterocycles. The van der Waals surface area contributed by atoms with E-state index >= 15 is 0 Å². The van der Waals surface area contributed by atoms with Crippen LogP contribution in [0.4, 0.5) is 10.7 Å². The normalized spacial score (nSPS) is 10.1. The number of carbonyl (C=O) groups excluding carboxylic acids is 4. The molecule has 2 aromatic rings. The van der Waals surface area contributed by atoms with Crippen molar-refractivity contribution >= 4 is 45.8 Å². The van der Waals surface area contributed by atoms with E-state index in [0.717, 1.165) is 11.3 Å². The second-order valence-corrected chi connectivity index (χ2v) is 7.05. The van der Waals surface area contributed by atoms with E-state index in [9.17, 15) is 19.2 Å². The van der Waals surface area contributed by atoms with E-state index in [4.69, 9.17) is 4.74 Å². The van der Waals surface area contributed by atoms with Crippen LogP contribution in [0.2, 0.25) is 0 Å². The number of nitrogens with one attached hydrogen (secondary N) is 3. The van der Waals surface area contributed by atoms with Gasteiger partial charge >= 0.3 is 11.9 Å². The quantitative estimate of drug-likeness (QED) is 0.547. The van der Waals surface area contributed by atoms with Crippen molar-refractivity contribution in [3.8, 4) is 0 Å². The van der Waals surface area contributed by atoms with Crippen molar-refractivity contribution < 1.29 is 28.7 Å². The molecule has 0 saturated heterocycles. The van der Waals surface area contributed by atoms with Crippen molar-refractivity contribution in [2.45, 2.75) is 13.8 Å². The lowest BCUT2D eigenvalue weighted by atomic mass is 10.1. The molecule has 0 atom stereocenters. The summed E-state index contributed by atoms with van der Waals surface area (Å²) in [5.41, 5.74) is 1.48. The van der Waals surface area contributed by atoms with Gasteiger partial charge in [-0.3, -0.25) is 9.59 Å². The zero-order chi connectivity index (χ0) is 22.3. The van der Waals surface area contributed by atoms with E-state index in [1.165, 1.54) is 14.2 Å². The number of anilines is 2. The topological polar surface area (TPSA) is 123 Å². The summed E-state index contributed by atoms with van der Waals surface area (Å²) in [7, 11) is 2.77. The minimum absolute atomic E-state index is 0.126. The second-order valence-electron chi connectivity index (χ2n) is 6.03. The zero-order valence-corrected chi connectivity index (χ0v) is 17.9. The van der Waals surface area contributed by atoms with Gasteiger partial charge in [0.2, 0.25) is 5.91 Å². The number of amides is 2. The minimum atomic E-state index is -0.615. The number of rotatable bonds is 8. The van der Waals surface area contributed by atoms with E-state index in [2.05, 4.69) is 20.7 Å². The van der Waals surface area contributed by atoms with Gasteiger partial charge < -0.3 is 25.4 Å². The van der Waals surface area contributed by atoms with E-state index < -0.39 is 17.8 Å². The first-order chi connectivity index (χ1) is 14.3. The number of esters is 2. The molecule has 0 spiro atoms. The number of carbonyl (C=O) groups is 4. The summed E-state index contributed by atoms with van der Waals surface area (Å²) in [6.45, 7) is 3.33. The van der Waals surface area contributed by atoms with Gasteiger partial charge in [0.05, 0.1) is 36.3 Å². The second kappa shape index (κ2) is 10.4. The van der Waals surface area contributed by atoms with Gasteiger partial charge in [0.15, 0.2) is 0 Å². The molecule has 2 amide bonds. The van der Waals surface area contributed by atoms with E-state index in [1.54, 1.807) is 38.1 Å². The Morgan fingerprint density at radius 3 is 2.50 bits per heavy atom. The van der Waals surface area contributed by atoms with Crippen LogP contribution in [0.25, 0.3) is 0 Å². The number of methoxy groups -OCH3 is 1. The third kappa shape index (κ3) is 5.35. The molecule has 0 aliphatic carbocycles. The number of hydrogen-bond donors (Lipinski definition) is 3. The molecule has 1 aromatic carbocycles. The molecule has 9 nitrogen and oxygen atoms in total. The summed E-state index contributed by atoms with van der Waals surface area (Å²) >= 11 is 0.999. The minimum Gasteiger partial charge on any atom is -0.465 e. The molecule has 1 aromatic heterocycles. The van der Waals surface area contributed by atoms with Gasteiger partial charge in [-0.05, 0) is 37.6 Å². The van der Waals surface area contributed by atoms with E-state index in [0.29, 0.717) is 21.7 Å². The predicted molar refractivity (Wildman–Crippen MR) is 113 cm³/mol. The Balaban J connectivity index is 2.17. The summed E-state index contributed by atoms with van der Waals surface area (Å²) in [6, 6.07) is 6.51. The molecular weight excluding hydrogens is 410 g/mol. The van der Waals surface area contributed by atoms with Gasteiger partial charge in [-0.2, -0.15) is 0 Å². The molecule has 0 radical (unpaired) electrons. The smallest absolute Gasteiger partial charge is 0.341 e. The van der Waals surface area contributed by atoms with Crippen LogP contribution in [0.5, 0.6) is 0 Å². The highest BCUT2D eigenvalue weighted by molar-refractivity contribution is 7.18. The lowest BCUT2D eigenvalue weighted by Gasteiger charge is -2.09. The maximum Gasteiger partial charge on any atom is 0.341 e. The molecule has 0 aliphatic rings. The predicted octanol–water partition coefficient (Wildman–Crippen LogP) is 2.43. The molecule has 2 rings (SSSR count). The van der Waals surface area contributed by atoms with Crippen LogP contribution < -0.4 is 16.0 Å². The average Bonchev–Trinajstić information content (AvgIpc) is 3.07. The van der Waals surface area contributed by atoms with Gasteiger partial charge in [-0.15, -0.1) is 11.3 Å². The third-order valence-electron chi connectivity index (χ3n) is 4.05. The highest BCUT2D eigenvalue weighted by Gasteiger charge is 2.26. The van der Waals surface area contributed by atoms with Crippen LogP contribution in [0.1, 0.15) is 42.9 Å². The summed E-state index contributed by atoms with van der Waals surface area (Å²) in [4.78, 5) is 48.8. The molecule has 0 bridgehead atoms. The Hall–Kier alpha value is -3.40. The number of thiophene rings is 1. The fourth-order valence-corrected chi connectivity index (χ4v) is 3.77. The number of ether oxygens (including phenoxy) is 2. The molecular formula is C20H23N3O6S. The Bertz CT molecular complexity index is 969. The van der Waals surface area contributed by atoms with Crippen LogP contribution >= 0.6 is 11.3 Å². The Kier molecular flexibility index (Phi) is 7.93. The summed E-state index contributed by atoms with van der Waals surface area (Å²) in [5, 5.41) is 8.30. The van der Waals surface area contributed by atoms with Gasteiger partial charge in [0, 0.05) is 12.7 Å². The van der Waals surface area contributed by atoms with Crippen molar-refractivity contribution in [2.75, 3.05) is 37.9 Å². The largest absolute Gasteiger partial charge is 0.465 e. The fourth-order valence-electron chi connectivity index (χ4n) is 2.61. The van der Waals surface area contributed by atoms with Gasteiger partial charge in [-0.25, -0.2) is 9.59 Å². The van der Waals surface area contributed by atoms with E-state index in [1.807, 2.05) is 0 Å². The standard InChI is InChI=1S/C20H23N3O6S/c1-5-29-20(27)15-11(2)16(17(25)21-3)30-18(15)23-14(24)10-22-13-8-6-7-12(9-13)19(26)28-4/h6-9,22H,5,10H2,1-4H3,(H,21,25)(H,23,24). The highest BCUT2D eigenvalue weighted by Crippen LogP contribution is 2.33. The molecule has 160 valence electrons. The van der Waals surface area contributed by atoms with Gasteiger partial charge in [0.1, 0.15) is 5.00 Å². The van der Waals surface area contributed by atoms with Gasteiger partial charge in [0.25, 0.3) is 5.91 Å². The van der Waals surface area contributed by atoms with Crippen molar-refractivity contribution in [1.29, 1.82) is 0 Å². The van der Waals surface area contributed by atoms with Gasteiger partial charge in [-0.1, -0.05) is 6.07 Å². The maximum atomic E-state index is 12.4. The number of hydrogen-bond acceptors (Lipinski definition) is 8. The lowest BCUT2D eigenvalue weighted by Crippen LogP contribution is -2.22. The van der Waals surface area contributed by atoms with E-state index in [-0.39, 0.29) is 29.6 Å². The molecule has 10 heteroatoms. The Morgan fingerprint density at radius 2 is 1.87 bits per heavy atom. The van der Waals surface area contributed by atoms with Crippen molar-refractivity contribution in [1.82, 2.24) is 5.32 Å². The molecule has 30 heavy (non-hydrogen) atoms. The van der Waals surface area contributed by atoms with Crippen molar-refractivity contribution in [2.24, 2.45) is 0 Å². The van der Waals surface area contributed by atoms with Crippen LogP contribution in [0, 0.1) is 6.92 Å². The first kappa shape index (κ1) is 22.9. The van der Waals surface area contributed by atoms with Crippen LogP contribution in [-0.4, -0.2) is 51.1 Å². The zero-order valence-electron chi connectivity index (χ0n) is 17.1. The van der Waals surface area contributed by atoms with Crippen LogP contribution in [0.3, 0.4) is 0 Å². The first-order valence-electron chi connectivity index (χ1n) is 9.07. The third-order valence-corrected chi connectivity index (χ3v) is 5.26. The van der Waals surface area contributed by atoms with Crippen molar-refractivity contribution in [3.63, 3.8) is 0 Å². The summed E-state index contributed by atoms with van der Waals surface area (Å²) in [6.07, 6.45) is 0. The average molecular weight is 433 g/mol. The Labute approximate surface area is 177 Å². The highest BCUT2D eigenvalue weighted by atomic mass is 32.1. The molecule has 1 heterocycles. The number of benzene rings is 1. The lowest BCUT2D eigenvalue weighted by molar-refractivity contribution is -0.114. The van der Waals surface area contributed by atoms with Crippen molar-refractivity contribution in [3.05, 3.63) is 45.8 Å². The summed E-state index contributed by atoms with van der Waals surface area (Å²) < 4.78 is 9.73. The molecule has 3 N–H and O–H groups in total. The van der Waals surface area contributed by atoms with Crippen LogP contribution in [0.15, 0.2) is 24.3 Å². The molecule has 0 fully saturated rings. The fraction of sp³-hybridized carbons (Fsp3) is 0.300. The maximum absolute atomic E-state index is 12.4. The van der Waals surface area contributed by atoms with Crippen LogP contribution in [-0.2, 0) is 14.3 Å². The molecule has 0 unspecified atom stereocenters. The Morgan fingerprint density at radius 1 is 1.13 bits per heavy atom. The molecule has 0 saturated carbocycles.